The first kappa shape index (κ1) is 10.4. The molecular weight excluding hydrogens is 158 g/mol. The molecule has 0 bridgehead atoms. The number of amides is 1. The molecule has 1 amide bonds. The van der Waals surface area contributed by atoms with Gasteiger partial charge in [0.2, 0.25) is 5.91 Å². The standard InChI is InChI=1S/C8H11NO3/c1-4-6(10)9-7(5(2)3)8(11)12/h4H,1H2,2-3H3,(H,9,10)(H,11,12). The summed E-state index contributed by atoms with van der Waals surface area (Å²) in [6.07, 6.45) is 1.02. The van der Waals surface area contributed by atoms with Gasteiger partial charge in [0.05, 0.1) is 0 Å². The molecule has 0 unspecified atom stereocenters. The predicted molar refractivity (Wildman–Crippen MR) is 44.3 cm³/mol. The van der Waals surface area contributed by atoms with Gasteiger partial charge in [-0.1, -0.05) is 6.58 Å². The zero-order valence-corrected chi connectivity index (χ0v) is 7.05. The fourth-order valence-electron chi connectivity index (χ4n) is 0.567. The van der Waals surface area contributed by atoms with Crippen LogP contribution in [0.15, 0.2) is 23.9 Å². The largest absolute Gasteiger partial charge is 0.477 e. The molecule has 0 aromatic rings. The summed E-state index contributed by atoms with van der Waals surface area (Å²) in [4.78, 5) is 21.2. The molecule has 0 aromatic heterocycles. The van der Waals surface area contributed by atoms with Gasteiger partial charge in [-0.3, -0.25) is 4.79 Å². The first-order valence-corrected chi connectivity index (χ1v) is 3.33. The first-order valence-electron chi connectivity index (χ1n) is 3.33. The monoisotopic (exact) mass is 169 g/mol. The number of nitrogens with one attached hydrogen (secondary N) is 1. The minimum absolute atomic E-state index is 0.0973. The van der Waals surface area contributed by atoms with E-state index in [-0.39, 0.29) is 5.70 Å². The highest BCUT2D eigenvalue weighted by molar-refractivity contribution is 5.96. The Morgan fingerprint density at radius 3 is 2.17 bits per heavy atom. The summed E-state index contributed by atoms with van der Waals surface area (Å²) in [5, 5.41) is 10.8. The zero-order chi connectivity index (χ0) is 9.72. The normalized spacial score (nSPS) is 8.50. The van der Waals surface area contributed by atoms with Crippen molar-refractivity contribution in [2.24, 2.45) is 0 Å². The smallest absolute Gasteiger partial charge is 0.352 e. The Bertz CT molecular complexity index is 249. The van der Waals surface area contributed by atoms with Crippen LogP contribution < -0.4 is 5.32 Å². The average Bonchev–Trinajstić information content (AvgIpc) is 1.98. The molecule has 0 heterocycles. The number of rotatable bonds is 3. The van der Waals surface area contributed by atoms with Crippen LogP contribution in [0.4, 0.5) is 0 Å². The van der Waals surface area contributed by atoms with E-state index in [9.17, 15) is 9.59 Å². The number of hydrogen-bond acceptors (Lipinski definition) is 2. The van der Waals surface area contributed by atoms with Crippen LogP contribution in [0.25, 0.3) is 0 Å². The number of carbonyl (C=O) groups excluding carboxylic acids is 1. The highest BCUT2D eigenvalue weighted by Gasteiger charge is 2.10. The van der Waals surface area contributed by atoms with Crippen LogP contribution in [0, 0.1) is 0 Å². The highest BCUT2D eigenvalue weighted by Crippen LogP contribution is 1.98. The summed E-state index contributed by atoms with van der Waals surface area (Å²) in [5.41, 5.74) is 0.442. The second-order valence-electron chi connectivity index (χ2n) is 2.37. The van der Waals surface area contributed by atoms with Gasteiger partial charge in [0.25, 0.3) is 0 Å². The number of carbonyl (C=O) groups is 2. The summed E-state index contributed by atoms with van der Waals surface area (Å²) in [6.45, 7) is 6.41. The Labute approximate surface area is 70.6 Å². The summed E-state index contributed by atoms with van der Waals surface area (Å²) >= 11 is 0. The van der Waals surface area contributed by atoms with Gasteiger partial charge >= 0.3 is 5.97 Å². The molecule has 0 atom stereocenters. The number of carboxylic acid groups (broad SMARTS) is 1. The van der Waals surface area contributed by atoms with Gasteiger partial charge in [0.1, 0.15) is 5.70 Å². The quantitative estimate of drug-likeness (QED) is 0.610. The average molecular weight is 169 g/mol. The van der Waals surface area contributed by atoms with E-state index in [2.05, 4.69) is 11.9 Å². The number of carboxylic acids is 1. The number of allylic oxidation sites excluding steroid dienone is 1. The zero-order valence-electron chi connectivity index (χ0n) is 7.05. The van der Waals surface area contributed by atoms with E-state index in [1.54, 1.807) is 13.8 Å². The third kappa shape index (κ3) is 3.01. The molecule has 2 N–H and O–H groups in total. The van der Waals surface area contributed by atoms with E-state index in [0.29, 0.717) is 5.57 Å². The molecule has 0 radical (unpaired) electrons. The fourth-order valence-corrected chi connectivity index (χ4v) is 0.567. The lowest BCUT2D eigenvalue weighted by molar-refractivity contribution is -0.134. The van der Waals surface area contributed by atoms with Crippen LogP contribution >= 0.6 is 0 Å². The molecule has 4 heteroatoms. The molecule has 12 heavy (non-hydrogen) atoms. The lowest BCUT2D eigenvalue weighted by Gasteiger charge is -2.04. The maximum Gasteiger partial charge on any atom is 0.352 e. The van der Waals surface area contributed by atoms with Crippen molar-refractivity contribution >= 4 is 11.9 Å². The van der Waals surface area contributed by atoms with Crippen LogP contribution in [-0.2, 0) is 9.59 Å². The van der Waals surface area contributed by atoms with E-state index in [1.165, 1.54) is 0 Å². The van der Waals surface area contributed by atoms with Crippen molar-refractivity contribution < 1.29 is 14.7 Å². The topological polar surface area (TPSA) is 66.4 Å². The summed E-state index contributed by atoms with van der Waals surface area (Å²) in [5.74, 6) is -1.67. The first-order chi connectivity index (χ1) is 5.49. The van der Waals surface area contributed by atoms with Crippen molar-refractivity contribution in [3.8, 4) is 0 Å². The third-order valence-corrected chi connectivity index (χ3v) is 1.15. The Morgan fingerprint density at radius 1 is 1.42 bits per heavy atom. The van der Waals surface area contributed by atoms with Crippen molar-refractivity contribution in [3.63, 3.8) is 0 Å². The Balaban J connectivity index is 4.58. The van der Waals surface area contributed by atoms with Crippen molar-refractivity contribution in [2.75, 3.05) is 0 Å². The van der Waals surface area contributed by atoms with Crippen molar-refractivity contribution in [1.82, 2.24) is 5.32 Å². The Morgan fingerprint density at radius 2 is 1.92 bits per heavy atom. The van der Waals surface area contributed by atoms with Crippen LogP contribution in [0.1, 0.15) is 13.8 Å². The molecule has 0 rings (SSSR count). The molecule has 4 nitrogen and oxygen atoms in total. The molecule has 0 aliphatic rings. The lowest BCUT2D eigenvalue weighted by atomic mass is 10.2. The molecule has 0 spiro atoms. The molecule has 0 fully saturated rings. The van der Waals surface area contributed by atoms with Crippen LogP contribution in [0.5, 0.6) is 0 Å². The Kier molecular flexibility index (Phi) is 3.76. The molecule has 66 valence electrons. The Hall–Kier alpha value is -1.58. The molecule has 0 saturated carbocycles. The fraction of sp³-hybridized carbons (Fsp3) is 0.250. The second-order valence-corrected chi connectivity index (χ2v) is 2.37. The van der Waals surface area contributed by atoms with E-state index in [4.69, 9.17) is 5.11 Å². The van der Waals surface area contributed by atoms with Crippen molar-refractivity contribution in [3.05, 3.63) is 23.9 Å². The van der Waals surface area contributed by atoms with Gasteiger partial charge in [0.15, 0.2) is 0 Å². The van der Waals surface area contributed by atoms with Gasteiger partial charge in [-0.2, -0.15) is 0 Å². The van der Waals surface area contributed by atoms with E-state index in [0.717, 1.165) is 6.08 Å². The van der Waals surface area contributed by atoms with Crippen LogP contribution in [-0.4, -0.2) is 17.0 Å². The lowest BCUT2D eigenvalue weighted by Crippen LogP contribution is -2.26. The molecule has 0 aliphatic carbocycles. The van der Waals surface area contributed by atoms with E-state index in [1.807, 2.05) is 0 Å². The van der Waals surface area contributed by atoms with Gasteiger partial charge in [0, 0.05) is 0 Å². The third-order valence-electron chi connectivity index (χ3n) is 1.15. The summed E-state index contributed by atoms with van der Waals surface area (Å²) in [7, 11) is 0. The van der Waals surface area contributed by atoms with Gasteiger partial charge in [-0.25, -0.2) is 4.79 Å². The van der Waals surface area contributed by atoms with Crippen molar-refractivity contribution in [1.29, 1.82) is 0 Å². The SMILES string of the molecule is C=CC(=O)NC(C(=O)O)=C(C)C. The van der Waals surface area contributed by atoms with Gasteiger partial charge in [-0.15, -0.1) is 0 Å². The van der Waals surface area contributed by atoms with E-state index >= 15 is 0 Å². The van der Waals surface area contributed by atoms with Gasteiger partial charge in [-0.05, 0) is 25.5 Å². The second kappa shape index (κ2) is 4.33. The maximum atomic E-state index is 10.7. The molecule has 0 aromatic carbocycles. The van der Waals surface area contributed by atoms with Crippen LogP contribution in [0.2, 0.25) is 0 Å². The van der Waals surface area contributed by atoms with Crippen molar-refractivity contribution in [2.45, 2.75) is 13.8 Å². The van der Waals surface area contributed by atoms with E-state index < -0.39 is 11.9 Å². The highest BCUT2D eigenvalue weighted by atomic mass is 16.4. The number of hydrogen-bond donors (Lipinski definition) is 2. The maximum absolute atomic E-state index is 10.7. The predicted octanol–water partition coefficient (Wildman–Crippen LogP) is 0.667. The number of aliphatic carboxylic acids is 1. The summed E-state index contributed by atoms with van der Waals surface area (Å²) < 4.78 is 0. The minimum Gasteiger partial charge on any atom is -0.477 e. The molecular formula is C8H11NO3. The van der Waals surface area contributed by atoms with Crippen LogP contribution in [0.3, 0.4) is 0 Å². The van der Waals surface area contributed by atoms with Gasteiger partial charge < -0.3 is 10.4 Å². The minimum atomic E-state index is -1.15. The molecule has 0 saturated heterocycles. The summed E-state index contributed by atoms with van der Waals surface area (Å²) in [6, 6.07) is 0. The molecule has 0 aliphatic heterocycles.